The molecule has 0 bridgehead atoms. The number of rotatable bonds is 5. The summed E-state index contributed by atoms with van der Waals surface area (Å²) in [6.07, 6.45) is 5.62. The predicted octanol–water partition coefficient (Wildman–Crippen LogP) is 5.90. The van der Waals surface area contributed by atoms with Crippen LogP contribution >= 0.6 is 22.7 Å². The maximum absolute atomic E-state index is 12.7. The SMILES string of the molecule is CCCCCCc1c(C)sc2c1C(=O)C(=O)c1c-2sc(C)c1C. The van der Waals surface area contributed by atoms with Gasteiger partial charge in [-0.2, -0.15) is 0 Å². The fraction of sp³-hybridized carbons (Fsp3) is 0.474. The number of aryl methyl sites for hydroxylation is 2. The van der Waals surface area contributed by atoms with Crippen molar-refractivity contribution in [1.82, 2.24) is 0 Å². The lowest BCUT2D eigenvalue weighted by Crippen LogP contribution is -2.21. The Morgan fingerprint density at radius 2 is 1.39 bits per heavy atom. The topological polar surface area (TPSA) is 34.1 Å². The van der Waals surface area contributed by atoms with Crippen molar-refractivity contribution in [1.29, 1.82) is 0 Å². The molecule has 122 valence electrons. The van der Waals surface area contributed by atoms with Crippen LogP contribution in [-0.4, -0.2) is 11.6 Å². The minimum Gasteiger partial charge on any atom is -0.285 e. The average molecular weight is 347 g/mol. The van der Waals surface area contributed by atoms with E-state index in [4.69, 9.17) is 0 Å². The maximum atomic E-state index is 12.7. The molecule has 0 saturated carbocycles. The van der Waals surface area contributed by atoms with Crippen LogP contribution in [0.1, 0.15) is 74.2 Å². The molecule has 3 rings (SSSR count). The third kappa shape index (κ3) is 2.62. The Kier molecular flexibility index (Phi) is 4.56. The van der Waals surface area contributed by atoms with Gasteiger partial charge in [0.15, 0.2) is 0 Å². The van der Waals surface area contributed by atoms with Crippen molar-refractivity contribution in [3.05, 3.63) is 32.0 Å². The number of carbonyl (C=O) groups excluding carboxylic acids is 2. The summed E-state index contributed by atoms with van der Waals surface area (Å²) in [5.41, 5.74) is 3.46. The zero-order valence-electron chi connectivity index (χ0n) is 14.2. The Labute approximate surface area is 145 Å². The van der Waals surface area contributed by atoms with Gasteiger partial charge >= 0.3 is 0 Å². The van der Waals surface area contributed by atoms with E-state index in [1.54, 1.807) is 22.7 Å². The van der Waals surface area contributed by atoms with E-state index >= 15 is 0 Å². The van der Waals surface area contributed by atoms with Crippen molar-refractivity contribution < 1.29 is 9.59 Å². The molecule has 1 aliphatic rings. The predicted molar refractivity (Wildman–Crippen MR) is 98.4 cm³/mol. The number of ketones is 2. The first kappa shape index (κ1) is 16.6. The summed E-state index contributed by atoms with van der Waals surface area (Å²) < 4.78 is 0. The summed E-state index contributed by atoms with van der Waals surface area (Å²) in [5, 5.41) is 0. The van der Waals surface area contributed by atoms with Crippen molar-refractivity contribution in [3.63, 3.8) is 0 Å². The minimum absolute atomic E-state index is 0.289. The van der Waals surface area contributed by atoms with Gasteiger partial charge < -0.3 is 0 Å². The van der Waals surface area contributed by atoms with Gasteiger partial charge in [-0.3, -0.25) is 9.59 Å². The van der Waals surface area contributed by atoms with Gasteiger partial charge in [-0.05, 0) is 44.7 Å². The lowest BCUT2D eigenvalue weighted by atomic mass is 9.88. The van der Waals surface area contributed by atoms with E-state index in [9.17, 15) is 9.59 Å². The van der Waals surface area contributed by atoms with E-state index in [-0.39, 0.29) is 11.6 Å². The summed E-state index contributed by atoms with van der Waals surface area (Å²) in [6, 6.07) is 0. The highest BCUT2D eigenvalue weighted by Gasteiger charge is 2.37. The molecule has 1 aliphatic carbocycles. The zero-order valence-corrected chi connectivity index (χ0v) is 15.8. The van der Waals surface area contributed by atoms with Crippen LogP contribution in [0.3, 0.4) is 0 Å². The van der Waals surface area contributed by atoms with Crippen molar-refractivity contribution in [2.45, 2.75) is 59.8 Å². The van der Waals surface area contributed by atoms with Crippen LogP contribution in [0.25, 0.3) is 9.75 Å². The number of unbranched alkanes of at least 4 members (excludes halogenated alkanes) is 3. The van der Waals surface area contributed by atoms with Crippen molar-refractivity contribution in [2.75, 3.05) is 0 Å². The largest absolute Gasteiger partial charge is 0.285 e. The molecule has 2 nitrogen and oxygen atoms in total. The minimum atomic E-state index is -0.304. The molecule has 4 heteroatoms. The molecule has 0 N–H and O–H groups in total. The molecule has 0 amide bonds. The third-order valence-corrected chi connectivity index (χ3v) is 7.26. The van der Waals surface area contributed by atoms with Crippen LogP contribution in [0.2, 0.25) is 0 Å². The Morgan fingerprint density at radius 3 is 2.09 bits per heavy atom. The summed E-state index contributed by atoms with van der Waals surface area (Å²) >= 11 is 3.35. The lowest BCUT2D eigenvalue weighted by molar-refractivity contribution is 0.0815. The molecule has 2 aromatic rings. The highest BCUT2D eigenvalue weighted by atomic mass is 32.1. The van der Waals surface area contributed by atoms with Gasteiger partial charge in [-0.25, -0.2) is 0 Å². The van der Waals surface area contributed by atoms with Gasteiger partial charge in [0.1, 0.15) is 0 Å². The molecular weight excluding hydrogens is 324 g/mol. The zero-order chi connectivity index (χ0) is 16.7. The van der Waals surface area contributed by atoms with Crippen LogP contribution in [0.5, 0.6) is 0 Å². The van der Waals surface area contributed by atoms with E-state index in [1.165, 1.54) is 24.1 Å². The fourth-order valence-corrected chi connectivity index (χ4v) is 5.80. The second kappa shape index (κ2) is 6.33. The Bertz CT molecular complexity index is 793. The van der Waals surface area contributed by atoms with E-state index in [1.807, 2.05) is 13.8 Å². The fourth-order valence-electron chi connectivity index (χ4n) is 3.30. The van der Waals surface area contributed by atoms with Crippen molar-refractivity contribution >= 4 is 34.2 Å². The summed E-state index contributed by atoms with van der Waals surface area (Å²) in [4.78, 5) is 29.7. The quantitative estimate of drug-likeness (QED) is 0.498. The molecule has 2 aromatic heterocycles. The van der Waals surface area contributed by atoms with Gasteiger partial charge in [0.25, 0.3) is 0 Å². The Morgan fingerprint density at radius 1 is 0.783 bits per heavy atom. The van der Waals surface area contributed by atoms with Crippen LogP contribution in [-0.2, 0) is 6.42 Å². The van der Waals surface area contributed by atoms with Crippen LogP contribution in [0.4, 0.5) is 0 Å². The lowest BCUT2D eigenvalue weighted by Gasteiger charge is -2.13. The van der Waals surface area contributed by atoms with Gasteiger partial charge in [0.05, 0.1) is 9.75 Å². The van der Waals surface area contributed by atoms with E-state index in [0.29, 0.717) is 11.1 Å². The summed E-state index contributed by atoms with van der Waals surface area (Å²) in [7, 11) is 0. The first-order chi connectivity index (χ1) is 11.0. The smallest absolute Gasteiger partial charge is 0.235 e. The van der Waals surface area contributed by atoms with Gasteiger partial charge in [0.2, 0.25) is 11.6 Å². The van der Waals surface area contributed by atoms with Crippen LogP contribution in [0, 0.1) is 20.8 Å². The molecule has 0 saturated heterocycles. The molecule has 0 unspecified atom stereocenters. The summed E-state index contributed by atoms with van der Waals surface area (Å²) in [5.74, 6) is -0.592. The molecular formula is C19H22O2S2. The first-order valence-electron chi connectivity index (χ1n) is 8.29. The molecule has 0 spiro atoms. The normalized spacial score (nSPS) is 13.4. The van der Waals surface area contributed by atoms with Crippen molar-refractivity contribution in [2.24, 2.45) is 0 Å². The number of hydrogen-bond acceptors (Lipinski definition) is 4. The van der Waals surface area contributed by atoms with E-state index in [2.05, 4.69) is 13.8 Å². The maximum Gasteiger partial charge on any atom is 0.235 e. The summed E-state index contributed by atoms with van der Waals surface area (Å²) in [6.45, 7) is 8.26. The number of hydrogen-bond donors (Lipinski definition) is 0. The number of fused-ring (bicyclic) bond motifs is 3. The van der Waals surface area contributed by atoms with E-state index < -0.39 is 0 Å². The highest BCUT2D eigenvalue weighted by Crippen LogP contribution is 2.47. The third-order valence-electron chi connectivity index (χ3n) is 4.74. The second-order valence-electron chi connectivity index (χ2n) is 6.30. The molecule has 2 heterocycles. The van der Waals surface area contributed by atoms with Gasteiger partial charge in [0, 0.05) is 20.9 Å². The molecule has 0 radical (unpaired) electrons. The van der Waals surface area contributed by atoms with Crippen LogP contribution < -0.4 is 0 Å². The molecule has 0 fully saturated rings. The number of carbonyl (C=O) groups is 2. The highest BCUT2D eigenvalue weighted by molar-refractivity contribution is 7.23. The number of Topliss-reactive ketones (excluding diaryl/α,β-unsaturated/α-hetero) is 2. The molecule has 23 heavy (non-hydrogen) atoms. The van der Waals surface area contributed by atoms with Gasteiger partial charge in [-0.1, -0.05) is 26.2 Å². The monoisotopic (exact) mass is 346 g/mol. The molecule has 0 atom stereocenters. The average Bonchev–Trinajstić information content (AvgIpc) is 3.00. The second-order valence-corrected chi connectivity index (χ2v) is 8.75. The molecule has 0 aliphatic heterocycles. The first-order valence-corrected chi connectivity index (χ1v) is 9.92. The Hall–Kier alpha value is -1.26. The van der Waals surface area contributed by atoms with E-state index in [0.717, 1.165) is 38.6 Å². The standard InChI is InChI=1S/C19H22O2S2/c1-5-6-7-8-9-13-12(4)23-19-15(13)17(21)16(20)14-10(2)11(3)22-18(14)19/h5-9H2,1-4H3. The van der Waals surface area contributed by atoms with Crippen LogP contribution in [0.15, 0.2) is 0 Å². The number of thiophene rings is 2. The Balaban J connectivity index is 2.06. The van der Waals surface area contributed by atoms with Gasteiger partial charge in [-0.15, -0.1) is 22.7 Å². The van der Waals surface area contributed by atoms with Crippen molar-refractivity contribution in [3.8, 4) is 9.75 Å². The molecule has 0 aromatic carbocycles.